The zero-order valence-corrected chi connectivity index (χ0v) is 15.7. The van der Waals surface area contributed by atoms with Crippen LogP contribution in [0.5, 0.6) is 0 Å². The van der Waals surface area contributed by atoms with Gasteiger partial charge in [0.2, 0.25) is 11.8 Å². The number of carbonyl (C=O) groups excluding carboxylic acids is 2. The summed E-state index contributed by atoms with van der Waals surface area (Å²) in [5, 5.41) is 11.3. The van der Waals surface area contributed by atoms with Crippen LogP contribution in [0.15, 0.2) is 59.1 Å². The standard InChI is InChI=1S/C20H16N4O3S/c1-12(25)21-19-18(13-7-3-2-4-8-13)23-20(28-19)22-17(26)11-15-14-9-5-6-10-16(14)27-24-15/h2-10H,11H2,1H3,(H,21,25)(H,22,23,26). The van der Waals surface area contributed by atoms with Gasteiger partial charge in [-0.1, -0.05) is 59.0 Å². The zero-order chi connectivity index (χ0) is 19.5. The fourth-order valence-corrected chi connectivity index (χ4v) is 3.74. The largest absolute Gasteiger partial charge is 0.356 e. The molecule has 0 bridgehead atoms. The van der Waals surface area contributed by atoms with E-state index in [2.05, 4.69) is 20.8 Å². The topological polar surface area (TPSA) is 97.1 Å². The molecule has 0 atom stereocenters. The van der Waals surface area contributed by atoms with Gasteiger partial charge in [0.05, 0.1) is 6.42 Å². The first-order chi connectivity index (χ1) is 13.6. The summed E-state index contributed by atoms with van der Waals surface area (Å²) in [6, 6.07) is 16.9. The predicted octanol–water partition coefficient (Wildman–Crippen LogP) is 4.09. The fraction of sp³-hybridized carbons (Fsp3) is 0.100. The van der Waals surface area contributed by atoms with Gasteiger partial charge in [-0.15, -0.1) is 0 Å². The van der Waals surface area contributed by atoms with Crippen LogP contribution in [0, 0.1) is 0 Å². The maximum absolute atomic E-state index is 12.5. The van der Waals surface area contributed by atoms with Crippen molar-refractivity contribution >= 4 is 44.3 Å². The van der Waals surface area contributed by atoms with E-state index < -0.39 is 0 Å². The van der Waals surface area contributed by atoms with E-state index in [4.69, 9.17) is 4.52 Å². The van der Waals surface area contributed by atoms with Crippen molar-refractivity contribution in [3.8, 4) is 11.3 Å². The lowest BCUT2D eigenvalue weighted by atomic mass is 10.1. The Balaban J connectivity index is 1.56. The normalized spacial score (nSPS) is 10.8. The van der Waals surface area contributed by atoms with Crippen molar-refractivity contribution < 1.29 is 14.1 Å². The number of rotatable bonds is 5. The van der Waals surface area contributed by atoms with Gasteiger partial charge in [-0.05, 0) is 12.1 Å². The summed E-state index contributed by atoms with van der Waals surface area (Å²) < 4.78 is 5.23. The number of amides is 2. The Morgan fingerprint density at radius 2 is 1.79 bits per heavy atom. The molecule has 2 aromatic carbocycles. The molecule has 7 nitrogen and oxygen atoms in total. The highest BCUT2D eigenvalue weighted by Crippen LogP contribution is 2.36. The number of thiazole rings is 1. The summed E-state index contributed by atoms with van der Waals surface area (Å²) in [5.74, 6) is -0.463. The van der Waals surface area contributed by atoms with Crippen molar-refractivity contribution in [3.63, 3.8) is 0 Å². The van der Waals surface area contributed by atoms with Gasteiger partial charge in [0, 0.05) is 17.9 Å². The van der Waals surface area contributed by atoms with Crippen LogP contribution in [0.3, 0.4) is 0 Å². The SMILES string of the molecule is CC(=O)Nc1sc(NC(=O)Cc2noc3ccccc23)nc1-c1ccccc1. The Bertz CT molecular complexity index is 1150. The van der Waals surface area contributed by atoms with Gasteiger partial charge < -0.3 is 15.2 Å². The van der Waals surface area contributed by atoms with E-state index in [-0.39, 0.29) is 18.2 Å². The molecule has 2 aromatic heterocycles. The fourth-order valence-electron chi connectivity index (χ4n) is 2.79. The summed E-state index contributed by atoms with van der Waals surface area (Å²) in [5.41, 5.74) is 2.67. The molecule has 0 spiro atoms. The first-order valence-corrected chi connectivity index (χ1v) is 9.39. The average Bonchev–Trinajstić information content (AvgIpc) is 3.26. The summed E-state index contributed by atoms with van der Waals surface area (Å²) in [4.78, 5) is 28.5. The van der Waals surface area contributed by atoms with E-state index in [1.54, 1.807) is 6.07 Å². The maximum Gasteiger partial charge on any atom is 0.232 e. The monoisotopic (exact) mass is 392 g/mol. The van der Waals surface area contributed by atoms with E-state index in [1.807, 2.05) is 48.5 Å². The number of fused-ring (bicyclic) bond motifs is 1. The van der Waals surface area contributed by atoms with Crippen LogP contribution in [0.25, 0.3) is 22.2 Å². The van der Waals surface area contributed by atoms with E-state index >= 15 is 0 Å². The molecule has 140 valence electrons. The number of hydrogen-bond acceptors (Lipinski definition) is 6. The number of para-hydroxylation sites is 1. The number of carbonyl (C=O) groups is 2. The predicted molar refractivity (Wildman–Crippen MR) is 108 cm³/mol. The number of hydrogen-bond donors (Lipinski definition) is 2. The van der Waals surface area contributed by atoms with Gasteiger partial charge >= 0.3 is 0 Å². The minimum Gasteiger partial charge on any atom is -0.356 e. The second-order valence-electron chi connectivity index (χ2n) is 6.09. The zero-order valence-electron chi connectivity index (χ0n) is 14.9. The smallest absolute Gasteiger partial charge is 0.232 e. The summed E-state index contributed by atoms with van der Waals surface area (Å²) in [6.45, 7) is 1.43. The quantitative estimate of drug-likeness (QED) is 0.533. The highest BCUT2D eigenvalue weighted by Gasteiger charge is 2.17. The second-order valence-corrected chi connectivity index (χ2v) is 7.09. The molecule has 28 heavy (non-hydrogen) atoms. The van der Waals surface area contributed by atoms with Gasteiger partial charge in [0.1, 0.15) is 16.4 Å². The van der Waals surface area contributed by atoms with Crippen LogP contribution >= 0.6 is 11.3 Å². The molecule has 0 saturated carbocycles. The van der Waals surface area contributed by atoms with Crippen LogP contribution in [0.2, 0.25) is 0 Å². The molecule has 8 heteroatoms. The van der Waals surface area contributed by atoms with Crippen molar-refractivity contribution in [1.29, 1.82) is 0 Å². The molecular formula is C20H16N4O3S. The number of aromatic nitrogens is 2. The summed E-state index contributed by atoms with van der Waals surface area (Å²) in [6.07, 6.45) is 0.0622. The first kappa shape index (κ1) is 17.9. The first-order valence-electron chi connectivity index (χ1n) is 8.57. The van der Waals surface area contributed by atoms with Crippen LogP contribution in [-0.2, 0) is 16.0 Å². The molecule has 0 saturated heterocycles. The molecule has 2 heterocycles. The molecular weight excluding hydrogens is 376 g/mol. The van der Waals surface area contributed by atoms with E-state index in [0.717, 1.165) is 10.9 Å². The van der Waals surface area contributed by atoms with E-state index in [1.165, 1.54) is 18.3 Å². The minimum atomic E-state index is -0.262. The minimum absolute atomic E-state index is 0.0622. The number of anilines is 2. The van der Waals surface area contributed by atoms with Gasteiger partial charge in [-0.3, -0.25) is 9.59 Å². The molecule has 0 radical (unpaired) electrons. The van der Waals surface area contributed by atoms with Crippen molar-refractivity contribution in [1.82, 2.24) is 10.1 Å². The molecule has 2 N–H and O–H groups in total. The van der Waals surface area contributed by atoms with Gasteiger partial charge in [-0.2, -0.15) is 0 Å². The van der Waals surface area contributed by atoms with Crippen LogP contribution in [0.1, 0.15) is 12.6 Å². The van der Waals surface area contributed by atoms with Crippen LogP contribution in [-0.4, -0.2) is 22.0 Å². The molecule has 0 fully saturated rings. The molecule has 4 rings (SSSR count). The molecule has 2 amide bonds. The highest BCUT2D eigenvalue weighted by atomic mass is 32.1. The summed E-state index contributed by atoms with van der Waals surface area (Å²) >= 11 is 1.21. The Labute approximate surface area is 164 Å². The van der Waals surface area contributed by atoms with Gasteiger partial charge in [0.15, 0.2) is 10.7 Å². The lowest BCUT2D eigenvalue weighted by Gasteiger charge is -2.01. The lowest BCUT2D eigenvalue weighted by Crippen LogP contribution is -2.14. The Hall–Kier alpha value is -3.52. The van der Waals surface area contributed by atoms with Crippen LogP contribution in [0.4, 0.5) is 10.1 Å². The van der Waals surface area contributed by atoms with Crippen molar-refractivity contribution in [2.75, 3.05) is 10.6 Å². The van der Waals surface area contributed by atoms with Crippen molar-refractivity contribution in [2.24, 2.45) is 0 Å². The number of nitrogens with zero attached hydrogens (tertiary/aromatic N) is 2. The van der Waals surface area contributed by atoms with Crippen molar-refractivity contribution in [2.45, 2.75) is 13.3 Å². The second kappa shape index (κ2) is 7.61. The molecule has 0 aliphatic heterocycles. The highest BCUT2D eigenvalue weighted by molar-refractivity contribution is 7.20. The molecule has 0 aliphatic carbocycles. The summed E-state index contributed by atoms with van der Waals surface area (Å²) in [7, 11) is 0. The van der Waals surface area contributed by atoms with Gasteiger partial charge in [0.25, 0.3) is 0 Å². The van der Waals surface area contributed by atoms with Gasteiger partial charge in [-0.25, -0.2) is 4.98 Å². The Morgan fingerprint density at radius 3 is 2.57 bits per heavy atom. The third-order valence-electron chi connectivity index (χ3n) is 3.99. The third-order valence-corrected chi connectivity index (χ3v) is 4.88. The van der Waals surface area contributed by atoms with Crippen LogP contribution < -0.4 is 10.6 Å². The Kier molecular flexibility index (Phi) is 4.86. The number of benzene rings is 2. The van der Waals surface area contributed by atoms with Crippen molar-refractivity contribution in [3.05, 3.63) is 60.3 Å². The molecule has 0 aliphatic rings. The number of nitrogens with one attached hydrogen (secondary N) is 2. The Morgan fingerprint density at radius 1 is 1.04 bits per heavy atom. The average molecular weight is 392 g/mol. The molecule has 4 aromatic rings. The molecule has 0 unspecified atom stereocenters. The van der Waals surface area contributed by atoms with E-state index in [0.29, 0.717) is 27.1 Å². The third kappa shape index (κ3) is 3.77. The lowest BCUT2D eigenvalue weighted by molar-refractivity contribution is -0.116. The maximum atomic E-state index is 12.5. The van der Waals surface area contributed by atoms with E-state index in [9.17, 15) is 9.59 Å².